The summed E-state index contributed by atoms with van der Waals surface area (Å²) in [6.45, 7) is 3.49. The normalized spacial score (nSPS) is 20.0. The Morgan fingerprint density at radius 1 is 1.60 bits per heavy atom. The molecule has 0 spiro atoms. The van der Waals surface area contributed by atoms with Crippen LogP contribution in [0.15, 0.2) is 0 Å². The van der Waals surface area contributed by atoms with Gasteiger partial charge in [-0.25, -0.2) is 5.84 Å². The molecule has 1 atom stereocenters. The van der Waals surface area contributed by atoms with Crippen molar-refractivity contribution in [2.24, 2.45) is 5.84 Å². The minimum absolute atomic E-state index is 0.0551. The van der Waals surface area contributed by atoms with Gasteiger partial charge in [-0.2, -0.15) is 0 Å². The van der Waals surface area contributed by atoms with E-state index in [1.54, 1.807) is 0 Å². The van der Waals surface area contributed by atoms with Crippen molar-refractivity contribution < 1.29 is 14.3 Å². The third kappa shape index (κ3) is 3.17. The van der Waals surface area contributed by atoms with E-state index in [2.05, 4.69) is 0 Å². The van der Waals surface area contributed by atoms with Gasteiger partial charge in [0.1, 0.15) is 0 Å². The first-order valence-electron chi connectivity index (χ1n) is 5.10. The lowest BCUT2D eigenvalue weighted by Crippen LogP contribution is -2.47. The summed E-state index contributed by atoms with van der Waals surface area (Å²) in [5.41, 5.74) is 1.83. The molecule has 6 heteroatoms. The van der Waals surface area contributed by atoms with Gasteiger partial charge in [-0.15, -0.1) is 0 Å². The number of ether oxygens (including phenoxy) is 1. The Hall–Kier alpha value is -1.14. The number of hydrogen-bond donors (Lipinski definition) is 2. The monoisotopic (exact) mass is 215 g/mol. The molecule has 0 saturated carbocycles. The second-order valence-electron chi connectivity index (χ2n) is 3.45. The molecule has 1 unspecified atom stereocenters. The smallest absolute Gasteiger partial charge is 0.323 e. The number of carbonyl (C=O) groups excluding carboxylic acids is 2. The predicted octanol–water partition coefficient (Wildman–Crippen LogP) is -0.996. The standard InChI is InChI=1S/C9H17N3O3/c1-2-12(9(14)8(13)11-10)6-7-4-3-5-15-7/h7H,2-6,10H2,1H3,(H,11,13). The molecule has 0 aromatic carbocycles. The number of nitrogens with two attached hydrogens (primary N) is 1. The highest BCUT2D eigenvalue weighted by atomic mass is 16.5. The Morgan fingerprint density at radius 2 is 2.33 bits per heavy atom. The van der Waals surface area contributed by atoms with Crippen molar-refractivity contribution in [2.75, 3.05) is 19.7 Å². The van der Waals surface area contributed by atoms with E-state index in [1.165, 1.54) is 4.90 Å². The number of nitrogens with zero attached hydrogens (tertiary/aromatic N) is 1. The van der Waals surface area contributed by atoms with Gasteiger partial charge in [0, 0.05) is 19.7 Å². The second kappa shape index (κ2) is 5.67. The van der Waals surface area contributed by atoms with Crippen LogP contribution in [-0.4, -0.2) is 42.5 Å². The molecule has 0 radical (unpaired) electrons. The molecule has 1 heterocycles. The van der Waals surface area contributed by atoms with E-state index in [0.29, 0.717) is 13.1 Å². The minimum Gasteiger partial charge on any atom is -0.376 e. The molecule has 1 rings (SSSR count). The van der Waals surface area contributed by atoms with E-state index < -0.39 is 11.8 Å². The molecule has 1 aliphatic heterocycles. The van der Waals surface area contributed by atoms with Crippen molar-refractivity contribution in [3.8, 4) is 0 Å². The summed E-state index contributed by atoms with van der Waals surface area (Å²) in [7, 11) is 0. The second-order valence-corrected chi connectivity index (χ2v) is 3.45. The molecule has 1 aliphatic rings. The van der Waals surface area contributed by atoms with Crippen LogP contribution in [-0.2, 0) is 14.3 Å². The largest absolute Gasteiger partial charge is 0.376 e. The molecule has 1 fully saturated rings. The zero-order valence-electron chi connectivity index (χ0n) is 8.86. The van der Waals surface area contributed by atoms with E-state index in [1.807, 2.05) is 12.3 Å². The predicted molar refractivity (Wildman–Crippen MR) is 53.6 cm³/mol. The highest BCUT2D eigenvalue weighted by molar-refractivity contribution is 6.34. The first-order chi connectivity index (χ1) is 7.19. The van der Waals surface area contributed by atoms with Crippen LogP contribution in [0.5, 0.6) is 0 Å². The number of carbonyl (C=O) groups is 2. The summed E-state index contributed by atoms with van der Waals surface area (Å²) in [5.74, 6) is 3.51. The number of likely N-dealkylation sites (N-methyl/N-ethyl adjacent to an activating group) is 1. The fraction of sp³-hybridized carbons (Fsp3) is 0.778. The summed E-state index contributed by atoms with van der Waals surface area (Å²) >= 11 is 0. The molecule has 0 aliphatic carbocycles. The highest BCUT2D eigenvalue weighted by Crippen LogP contribution is 2.13. The number of rotatable bonds is 3. The van der Waals surface area contributed by atoms with Crippen LogP contribution >= 0.6 is 0 Å². The lowest BCUT2D eigenvalue weighted by atomic mass is 10.2. The van der Waals surface area contributed by atoms with Crippen LogP contribution < -0.4 is 11.3 Å². The van der Waals surface area contributed by atoms with E-state index in [4.69, 9.17) is 10.6 Å². The van der Waals surface area contributed by atoms with Gasteiger partial charge < -0.3 is 9.64 Å². The van der Waals surface area contributed by atoms with Crippen molar-refractivity contribution in [1.82, 2.24) is 10.3 Å². The van der Waals surface area contributed by atoms with Gasteiger partial charge in [0.05, 0.1) is 6.10 Å². The van der Waals surface area contributed by atoms with Crippen molar-refractivity contribution in [1.29, 1.82) is 0 Å². The third-order valence-corrected chi connectivity index (χ3v) is 2.44. The molecule has 86 valence electrons. The van der Waals surface area contributed by atoms with E-state index in [0.717, 1.165) is 19.4 Å². The molecule has 6 nitrogen and oxygen atoms in total. The third-order valence-electron chi connectivity index (χ3n) is 2.44. The Bertz CT molecular complexity index is 239. The highest BCUT2D eigenvalue weighted by Gasteiger charge is 2.24. The van der Waals surface area contributed by atoms with Crippen molar-refractivity contribution >= 4 is 11.8 Å². The van der Waals surface area contributed by atoms with Gasteiger partial charge in [0.2, 0.25) is 0 Å². The van der Waals surface area contributed by atoms with Gasteiger partial charge in [-0.3, -0.25) is 15.0 Å². The summed E-state index contributed by atoms with van der Waals surface area (Å²) in [6.07, 6.45) is 2.01. The van der Waals surface area contributed by atoms with Crippen molar-refractivity contribution in [3.05, 3.63) is 0 Å². The summed E-state index contributed by atoms with van der Waals surface area (Å²) in [5, 5.41) is 0. The van der Waals surface area contributed by atoms with Gasteiger partial charge in [0.25, 0.3) is 0 Å². The van der Waals surface area contributed by atoms with Crippen LogP contribution in [0, 0.1) is 0 Å². The molecule has 3 N–H and O–H groups in total. The van der Waals surface area contributed by atoms with E-state index in [-0.39, 0.29) is 6.10 Å². The van der Waals surface area contributed by atoms with Crippen molar-refractivity contribution in [3.63, 3.8) is 0 Å². The maximum absolute atomic E-state index is 11.5. The van der Waals surface area contributed by atoms with E-state index >= 15 is 0 Å². The Kier molecular flexibility index (Phi) is 4.51. The van der Waals surface area contributed by atoms with Gasteiger partial charge in [-0.05, 0) is 19.8 Å². The summed E-state index contributed by atoms with van der Waals surface area (Å²) < 4.78 is 5.39. The van der Waals surface area contributed by atoms with Crippen LogP contribution in [0.4, 0.5) is 0 Å². The fourth-order valence-electron chi connectivity index (χ4n) is 1.60. The quantitative estimate of drug-likeness (QED) is 0.274. The van der Waals surface area contributed by atoms with Gasteiger partial charge in [0.15, 0.2) is 0 Å². The Balaban J connectivity index is 2.46. The van der Waals surface area contributed by atoms with Crippen LogP contribution in [0.3, 0.4) is 0 Å². The zero-order valence-corrected chi connectivity index (χ0v) is 8.86. The lowest BCUT2D eigenvalue weighted by Gasteiger charge is -2.22. The van der Waals surface area contributed by atoms with Crippen LogP contribution in [0.25, 0.3) is 0 Å². The number of hydrazine groups is 1. The molecule has 0 aromatic rings. The average molecular weight is 215 g/mol. The summed E-state index contributed by atoms with van der Waals surface area (Å²) in [4.78, 5) is 23.9. The van der Waals surface area contributed by atoms with Crippen molar-refractivity contribution in [2.45, 2.75) is 25.9 Å². The molecular formula is C9H17N3O3. The number of hydrogen-bond acceptors (Lipinski definition) is 4. The number of amides is 2. The number of nitrogens with one attached hydrogen (secondary N) is 1. The lowest BCUT2D eigenvalue weighted by molar-refractivity contribution is -0.146. The molecule has 1 saturated heterocycles. The van der Waals surface area contributed by atoms with E-state index in [9.17, 15) is 9.59 Å². The Morgan fingerprint density at radius 3 is 2.80 bits per heavy atom. The first kappa shape index (κ1) is 11.9. The fourth-order valence-corrected chi connectivity index (χ4v) is 1.60. The average Bonchev–Trinajstić information content (AvgIpc) is 2.76. The molecule has 2 amide bonds. The van der Waals surface area contributed by atoms with Gasteiger partial charge >= 0.3 is 11.8 Å². The molecule has 15 heavy (non-hydrogen) atoms. The maximum atomic E-state index is 11.5. The van der Waals surface area contributed by atoms with Gasteiger partial charge in [-0.1, -0.05) is 0 Å². The first-order valence-corrected chi connectivity index (χ1v) is 5.10. The van der Waals surface area contributed by atoms with Crippen LogP contribution in [0.2, 0.25) is 0 Å². The minimum atomic E-state index is -0.783. The molecular weight excluding hydrogens is 198 g/mol. The zero-order chi connectivity index (χ0) is 11.3. The molecule has 0 bridgehead atoms. The summed E-state index contributed by atoms with van der Waals surface area (Å²) in [6, 6.07) is 0. The SMILES string of the molecule is CCN(CC1CCCO1)C(=O)C(=O)NN. The molecule has 0 aromatic heterocycles. The Labute approximate surface area is 88.7 Å². The topological polar surface area (TPSA) is 84.7 Å². The maximum Gasteiger partial charge on any atom is 0.323 e. The van der Waals surface area contributed by atoms with Crippen LogP contribution in [0.1, 0.15) is 19.8 Å².